The first-order valence-corrected chi connectivity index (χ1v) is 10.3. The van der Waals surface area contributed by atoms with E-state index in [1.807, 2.05) is 18.2 Å². The Hall–Kier alpha value is -2.23. The smallest absolute Gasteiger partial charge is 0.191 e. The van der Waals surface area contributed by atoms with Gasteiger partial charge < -0.3 is 24.6 Å². The number of halogens is 1. The molecular weight excluding hydrogens is 507 g/mol. The standard InChI is InChI=1S/C23H34N4O3.HI/c1-7-10-18-11-16(12-21(28-5)22(18)29-6)14-25-23(24-4)26-15-19-13-20(27-30-19)17(8-2)9-3;/h7,11-13,17H,1,8-10,14-15H2,2-6H3,(H2,24,25,26);1H. The van der Waals surface area contributed by atoms with Crippen molar-refractivity contribution in [2.45, 2.75) is 52.1 Å². The van der Waals surface area contributed by atoms with Crippen molar-refractivity contribution < 1.29 is 14.0 Å². The molecule has 0 saturated heterocycles. The van der Waals surface area contributed by atoms with E-state index in [1.54, 1.807) is 21.3 Å². The van der Waals surface area contributed by atoms with Crippen molar-refractivity contribution in [3.05, 3.63) is 53.4 Å². The van der Waals surface area contributed by atoms with Crippen LogP contribution in [0.1, 0.15) is 55.2 Å². The molecule has 8 heteroatoms. The number of nitrogens with zero attached hydrogens (tertiary/aromatic N) is 2. The van der Waals surface area contributed by atoms with Gasteiger partial charge >= 0.3 is 0 Å². The van der Waals surface area contributed by atoms with Crippen LogP contribution < -0.4 is 20.1 Å². The maximum absolute atomic E-state index is 5.50. The van der Waals surface area contributed by atoms with Crippen molar-refractivity contribution in [3.8, 4) is 11.5 Å². The molecule has 0 saturated carbocycles. The SMILES string of the molecule is C=CCc1cc(CNC(=NC)NCc2cc(C(CC)CC)no2)cc(OC)c1OC.I. The predicted molar refractivity (Wildman–Crippen MR) is 136 cm³/mol. The Morgan fingerprint density at radius 2 is 1.87 bits per heavy atom. The number of hydrogen-bond acceptors (Lipinski definition) is 5. The number of guanidine groups is 1. The van der Waals surface area contributed by atoms with Gasteiger partial charge in [-0.3, -0.25) is 4.99 Å². The van der Waals surface area contributed by atoms with Gasteiger partial charge in [-0.05, 0) is 37.0 Å². The molecule has 1 aromatic heterocycles. The zero-order valence-electron chi connectivity index (χ0n) is 19.2. The number of ether oxygens (including phenoxy) is 2. The van der Waals surface area contributed by atoms with Gasteiger partial charge in [-0.1, -0.05) is 25.1 Å². The van der Waals surface area contributed by atoms with Crippen LogP contribution in [-0.4, -0.2) is 32.4 Å². The summed E-state index contributed by atoms with van der Waals surface area (Å²) >= 11 is 0. The molecule has 1 heterocycles. The van der Waals surface area contributed by atoms with E-state index in [0.717, 1.165) is 41.2 Å². The molecule has 2 N–H and O–H groups in total. The van der Waals surface area contributed by atoms with Crippen molar-refractivity contribution in [1.82, 2.24) is 15.8 Å². The highest BCUT2D eigenvalue weighted by molar-refractivity contribution is 14.0. The van der Waals surface area contributed by atoms with E-state index in [2.05, 4.69) is 47.3 Å². The Labute approximate surface area is 202 Å². The van der Waals surface area contributed by atoms with E-state index < -0.39 is 0 Å². The fourth-order valence-corrected chi connectivity index (χ4v) is 3.40. The van der Waals surface area contributed by atoms with Crippen molar-refractivity contribution in [2.75, 3.05) is 21.3 Å². The fraction of sp³-hybridized carbons (Fsp3) is 0.478. The topological polar surface area (TPSA) is 80.9 Å². The third-order valence-corrected chi connectivity index (χ3v) is 5.07. The molecule has 0 aliphatic heterocycles. The van der Waals surface area contributed by atoms with Crippen LogP contribution in [0.3, 0.4) is 0 Å². The van der Waals surface area contributed by atoms with Gasteiger partial charge in [-0.2, -0.15) is 0 Å². The fourth-order valence-electron chi connectivity index (χ4n) is 3.40. The Morgan fingerprint density at radius 1 is 1.16 bits per heavy atom. The molecule has 0 amide bonds. The molecule has 31 heavy (non-hydrogen) atoms. The molecule has 0 bridgehead atoms. The second-order valence-corrected chi connectivity index (χ2v) is 6.99. The summed E-state index contributed by atoms with van der Waals surface area (Å²) in [6, 6.07) is 6.07. The highest BCUT2D eigenvalue weighted by atomic mass is 127. The average molecular weight is 542 g/mol. The highest BCUT2D eigenvalue weighted by Gasteiger charge is 2.14. The number of benzene rings is 1. The monoisotopic (exact) mass is 542 g/mol. The van der Waals surface area contributed by atoms with Crippen LogP contribution in [0.15, 0.2) is 40.4 Å². The first-order valence-electron chi connectivity index (χ1n) is 10.3. The summed E-state index contributed by atoms with van der Waals surface area (Å²) in [7, 11) is 5.02. The molecular formula is C23H35IN4O3. The van der Waals surface area contributed by atoms with Crippen LogP contribution in [0.5, 0.6) is 11.5 Å². The Balaban J connectivity index is 0.00000480. The van der Waals surface area contributed by atoms with Crippen LogP contribution in [0, 0.1) is 0 Å². The number of nitrogens with one attached hydrogen (secondary N) is 2. The van der Waals surface area contributed by atoms with Gasteiger partial charge in [0, 0.05) is 31.1 Å². The summed E-state index contributed by atoms with van der Waals surface area (Å²) in [6.45, 7) is 9.26. The second kappa shape index (κ2) is 14.0. The number of aromatic nitrogens is 1. The van der Waals surface area contributed by atoms with E-state index >= 15 is 0 Å². The van der Waals surface area contributed by atoms with Gasteiger partial charge in [0.15, 0.2) is 23.2 Å². The summed E-state index contributed by atoms with van der Waals surface area (Å²) in [6.07, 6.45) is 4.66. The van der Waals surface area contributed by atoms with Gasteiger partial charge in [0.2, 0.25) is 0 Å². The molecule has 0 aliphatic carbocycles. The molecule has 0 fully saturated rings. The molecule has 172 valence electrons. The summed E-state index contributed by atoms with van der Waals surface area (Å²) in [4.78, 5) is 4.29. The second-order valence-electron chi connectivity index (χ2n) is 6.99. The minimum absolute atomic E-state index is 0. The average Bonchev–Trinajstić information content (AvgIpc) is 3.23. The Kier molecular flexibility index (Phi) is 12.1. The van der Waals surface area contributed by atoms with E-state index in [0.29, 0.717) is 37.1 Å². The van der Waals surface area contributed by atoms with Crippen molar-refractivity contribution >= 4 is 29.9 Å². The van der Waals surface area contributed by atoms with Crippen LogP contribution >= 0.6 is 24.0 Å². The number of rotatable bonds is 11. The van der Waals surface area contributed by atoms with Crippen LogP contribution in [0.25, 0.3) is 0 Å². The predicted octanol–water partition coefficient (Wildman–Crippen LogP) is 4.81. The highest BCUT2D eigenvalue weighted by Crippen LogP contribution is 2.33. The van der Waals surface area contributed by atoms with E-state index in [1.165, 1.54) is 0 Å². The summed E-state index contributed by atoms with van der Waals surface area (Å²) in [5, 5.41) is 10.8. The van der Waals surface area contributed by atoms with Crippen molar-refractivity contribution in [2.24, 2.45) is 4.99 Å². The maximum atomic E-state index is 5.50. The summed E-state index contributed by atoms with van der Waals surface area (Å²) in [5.41, 5.74) is 3.10. The van der Waals surface area contributed by atoms with Gasteiger partial charge in [0.25, 0.3) is 0 Å². The van der Waals surface area contributed by atoms with Crippen LogP contribution in [-0.2, 0) is 19.5 Å². The van der Waals surface area contributed by atoms with Crippen molar-refractivity contribution in [3.63, 3.8) is 0 Å². The van der Waals surface area contributed by atoms with Crippen LogP contribution in [0.4, 0.5) is 0 Å². The van der Waals surface area contributed by atoms with E-state index in [-0.39, 0.29) is 24.0 Å². The van der Waals surface area contributed by atoms with Gasteiger partial charge in [0.1, 0.15) is 0 Å². The largest absolute Gasteiger partial charge is 0.493 e. The quantitative estimate of drug-likeness (QED) is 0.184. The van der Waals surface area contributed by atoms with Gasteiger partial charge in [0.05, 0.1) is 26.5 Å². The summed E-state index contributed by atoms with van der Waals surface area (Å²) < 4.78 is 16.5. The molecule has 7 nitrogen and oxygen atoms in total. The molecule has 0 atom stereocenters. The van der Waals surface area contributed by atoms with Crippen LogP contribution in [0.2, 0.25) is 0 Å². The number of allylic oxidation sites excluding steroid dienone is 1. The lowest BCUT2D eigenvalue weighted by Crippen LogP contribution is -2.36. The molecule has 2 rings (SSSR count). The first-order chi connectivity index (χ1) is 14.6. The van der Waals surface area contributed by atoms with Gasteiger partial charge in [-0.25, -0.2) is 0 Å². The molecule has 2 aromatic rings. The normalized spacial score (nSPS) is 11.1. The van der Waals surface area contributed by atoms with Gasteiger partial charge in [-0.15, -0.1) is 30.6 Å². The zero-order chi connectivity index (χ0) is 21.9. The molecule has 0 unspecified atom stereocenters. The molecule has 0 aliphatic rings. The van der Waals surface area contributed by atoms with E-state index in [4.69, 9.17) is 14.0 Å². The van der Waals surface area contributed by atoms with E-state index in [9.17, 15) is 0 Å². The Morgan fingerprint density at radius 3 is 2.45 bits per heavy atom. The third-order valence-electron chi connectivity index (χ3n) is 5.07. The van der Waals surface area contributed by atoms with Crippen molar-refractivity contribution in [1.29, 1.82) is 0 Å². The lowest BCUT2D eigenvalue weighted by Gasteiger charge is -2.16. The molecule has 0 spiro atoms. The minimum Gasteiger partial charge on any atom is -0.493 e. The molecule has 1 aromatic carbocycles. The lowest BCUT2D eigenvalue weighted by atomic mass is 9.99. The Bertz CT molecular complexity index is 847. The summed E-state index contributed by atoms with van der Waals surface area (Å²) in [5.74, 6) is 3.35. The third kappa shape index (κ3) is 7.45. The minimum atomic E-state index is 0. The number of hydrogen-bond donors (Lipinski definition) is 2. The maximum Gasteiger partial charge on any atom is 0.191 e. The molecule has 0 radical (unpaired) electrons. The number of aliphatic imine (C=N–C) groups is 1. The zero-order valence-corrected chi connectivity index (χ0v) is 21.5. The lowest BCUT2D eigenvalue weighted by molar-refractivity contribution is 0.352. The number of methoxy groups -OCH3 is 2. The first kappa shape index (κ1) is 26.8.